The lowest BCUT2D eigenvalue weighted by atomic mass is 10.1. The lowest BCUT2D eigenvalue weighted by Crippen LogP contribution is -2.30. The van der Waals surface area contributed by atoms with Crippen molar-refractivity contribution in [2.24, 2.45) is 5.92 Å². The molecule has 9 nitrogen and oxygen atoms in total. The number of pyridine rings is 1. The van der Waals surface area contributed by atoms with Gasteiger partial charge in [0.2, 0.25) is 15.9 Å². The van der Waals surface area contributed by atoms with Gasteiger partial charge in [0.25, 0.3) is 0 Å². The van der Waals surface area contributed by atoms with Gasteiger partial charge in [-0.15, -0.1) is 0 Å². The van der Waals surface area contributed by atoms with Crippen molar-refractivity contribution in [1.29, 1.82) is 0 Å². The van der Waals surface area contributed by atoms with Gasteiger partial charge in [-0.3, -0.25) is 20.0 Å². The highest BCUT2D eigenvalue weighted by atomic mass is 32.2. The first-order valence-corrected chi connectivity index (χ1v) is 12.3. The first kappa shape index (κ1) is 23.1. The average Bonchev–Trinajstić information content (AvgIpc) is 3.53. The Kier molecular flexibility index (Phi) is 6.61. The fraction of sp³-hybridized carbons (Fsp3) is 0.409. The molecule has 2 aliphatic rings. The number of urea groups is 1. The fourth-order valence-electron chi connectivity index (χ4n) is 3.45. The number of nitrogens with zero attached hydrogens (tertiary/aromatic N) is 2. The van der Waals surface area contributed by atoms with E-state index >= 15 is 0 Å². The lowest BCUT2D eigenvalue weighted by molar-refractivity contribution is -0.117. The number of rotatable bonds is 10. The molecule has 1 aliphatic carbocycles. The summed E-state index contributed by atoms with van der Waals surface area (Å²) in [5.41, 5.74) is 1.62. The minimum absolute atomic E-state index is 0.106. The summed E-state index contributed by atoms with van der Waals surface area (Å²) in [4.78, 5) is 28.5. The highest BCUT2D eigenvalue weighted by Crippen LogP contribution is 2.31. The van der Waals surface area contributed by atoms with Crippen LogP contribution in [0.1, 0.15) is 36.9 Å². The number of sulfonamides is 1. The number of anilines is 1. The van der Waals surface area contributed by atoms with E-state index in [0.717, 1.165) is 12.8 Å². The van der Waals surface area contributed by atoms with Crippen molar-refractivity contribution in [1.82, 2.24) is 15.0 Å². The molecule has 33 heavy (non-hydrogen) atoms. The minimum atomic E-state index is -3.68. The van der Waals surface area contributed by atoms with Crippen molar-refractivity contribution in [3.05, 3.63) is 53.6 Å². The Morgan fingerprint density at radius 1 is 1.27 bits per heavy atom. The zero-order valence-corrected chi connectivity index (χ0v) is 18.9. The molecule has 1 aromatic heterocycles. The van der Waals surface area contributed by atoms with Crippen LogP contribution in [0.25, 0.3) is 0 Å². The molecule has 4 rings (SSSR count). The van der Waals surface area contributed by atoms with Gasteiger partial charge in [0.15, 0.2) is 11.6 Å². The van der Waals surface area contributed by atoms with E-state index in [1.165, 1.54) is 35.5 Å². The van der Waals surface area contributed by atoms with Crippen molar-refractivity contribution in [3.8, 4) is 5.75 Å². The number of aromatic nitrogens is 1. The molecule has 0 bridgehead atoms. The lowest BCUT2D eigenvalue weighted by Gasteiger charge is -2.17. The van der Waals surface area contributed by atoms with Crippen LogP contribution in [0.15, 0.2) is 36.7 Å². The molecule has 0 radical (unpaired) electrons. The number of ether oxygens (including phenoxy) is 1. The van der Waals surface area contributed by atoms with Gasteiger partial charge in [-0.2, -0.15) is 0 Å². The Balaban J connectivity index is 1.36. The zero-order chi connectivity index (χ0) is 23.6. The van der Waals surface area contributed by atoms with Crippen molar-refractivity contribution in [3.63, 3.8) is 0 Å². The van der Waals surface area contributed by atoms with Gasteiger partial charge >= 0.3 is 6.03 Å². The van der Waals surface area contributed by atoms with Gasteiger partial charge in [-0.05, 0) is 61.4 Å². The highest BCUT2D eigenvalue weighted by Gasteiger charge is 2.28. The van der Waals surface area contributed by atoms with E-state index < -0.39 is 33.8 Å². The molecule has 1 saturated carbocycles. The summed E-state index contributed by atoms with van der Waals surface area (Å²) in [7, 11) is -3.68. The summed E-state index contributed by atoms with van der Waals surface area (Å²) >= 11 is 0. The predicted molar refractivity (Wildman–Crippen MR) is 119 cm³/mol. The molecule has 1 atom stereocenters. The predicted octanol–water partition coefficient (Wildman–Crippen LogP) is 2.29. The largest absolute Gasteiger partial charge is 0.490 e. The summed E-state index contributed by atoms with van der Waals surface area (Å²) in [6.07, 6.45) is 5.28. The van der Waals surface area contributed by atoms with Gasteiger partial charge < -0.3 is 4.74 Å². The molecule has 1 aromatic carbocycles. The second-order valence-corrected chi connectivity index (χ2v) is 10.2. The van der Waals surface area contributed by atoms with E-state index in [2.05, 4.69) is 15.0 Å². The second kappa shape index (κ2) is 9.44. The van der Waals surface area contributed by atoms with Crippen LogP contribution in [0.3, 0.4) is 0 Å². The van der Waals surface area contributed by atoms with Crippen molar-refractivity contribution >= 4 is 27.6 Å². The summed E-state index contributed by atoms with van der Waals surface area (Å²) < 4.78 is 47.5. The van der Waals surface area contributed by atoms with Gasteiger partial charge in [0.05, 0.1) is 24.2 Å². The van der Waals surface area contributed by atoms with Gasteiger partial charge in [0.1, 0.15) is 6.54 Å². The third kappa shape index (κ3) is 6.05. The monoisotopic (exact) mass is 476 g/mol. The van der Waals surface area contributed by atoms with Crippen LogP contribution < -0.4 is 19.7 Å². The van der Waals surface area contributed by atoms with Gasteiger partial charge in [0, 0.05) is 12.2 Å². The Labute approximate surface area is 191 Å². The number of hydrogen-bond donors (Lipinski definition) is 2. The molecule has 3 amide bonds. The molecule has 0 unspecified atom stereocenters. The topological polar surface area (TPSA) is 118 Å². The van der Waals surface area contributed by atoms with Gasteiger partial charge in [-0.25, -0.2) is 22.3 Å². The number of hydrogen-bond acceptors (Lipinski definition) is 6. The van der Waals surface area contributed by atoms with E-state index in [0.29, 0.717) is 29.3 Å². The molecule has 11 heteroatoms. The molecule has 0 spiro atoms. The van der Waals surface area contributed by atoms with Gasteiger partial charge in [-0.1, -0.05) is 6.07 Å². The molecule has 2 heterocycles. The van der Waals surface area contributed by atoms with Crippen molar-refractivity contribution < 1.29 is 27.1 Å². The maximum absolute atomic E-state index is 14.0. The van der Waals surface area contributed by atoms with Crippen LogP contribution >= 0.6 is 0 Å². The smallest absolute Gasteiger partial charge is 0.329 e. The number of carbonyl (C=O) groups excluding carboxylic acids is 2. The molecule has 1 aliphatic heterocycles. The molecule has 2 aromatic rings. The van der Waals surface area contributed by atoms with Crippen LogP contribution in [-0.4, -0.2) is 44.2 Å². The SMILES string of the molecule is C[C@@H](NS(=O)(=O)CCc1cncc(N2CC(=O)NC2=O)c1)c1ccc(F)c(OCC2CC2)c1. The first-order valence-electron chi connectivity index (χ1n) is 10.7. The average molecular weight is 477 g/mol. The van der Waals surface area contributed by atoms with E-state index in [1.807, 2.05) is 0 Å². The first-order chi connectivity index (χ1) is 15.7. The molecular weight excluding hydrogens is 451 g/mol. The van der Waals surface area contributed by atoms with Crippen LogP contribution in [0, 0.1) is 11.7 Å². The molecule has 176 valence electrons. The van der Waals surface area contributed by atoms with Crippen molar-refractivity contribution in [2.75, 3.05) is 23.8 Å². The molecular formula is C22H25FN4O5S. The summed E-state index contributed by atoms with van der Waals surface area (Å²) in [6.45, 7) is 2.03. The molecule has 2 fully saturated rings. The van der Waals surface area contributed by atoms with Crippen LogP contribution in [0.2, 0.25) is 0 Å². The second-order valence-electron chi connectivity index (χ2n) is 8.34. The van der Waals surface area contributed by atoms with E-state index in [4.69, 9.17) is 4.74 Å². The van der Waals surface area contributed by atoms with Crippen LogP contribution in [0.4, 0.5) is 14.9 Å². The van der Waals surface area contributed by atoms with Crippen molar-refractivity contribution in [2.45, 2.75) is 32.2 Å². The number of amides is 3. The summed E-state index contributed by atoms with van der Waals surface area (Å²) in [5, 5.41) is 2.18. The number of aryl methyl sites for hydroxylation is 1. The van der Waals surface area contributed by atoms with E-state index in [9.17, 15) is 22.4 Å². The molecule has 1 saturated heterocycles. The normalized spacial score (nSPS) is 17.2. The Hall–Kier alpha value is -3.05. The third-order valence-corrected chi connectivity index (χ3v) is 6.98. The van der Waals surface area contributed by atoms with E-state index in [1.54, 1.807) is 13.0 Å². The number of halogens is 1. The Bertz CT molecular complexity index is 1170. The molecule has 2 N–H and O–H groups in total. The number of nitrogens with one attached hydrogen (secondary N) is 2. The summed E-state index contributed by atoms with van der Waals surface area (Å²) in [6, 6.07) is 4.85. The van der Waals surface area contributed by atoms with E-state index in [-0.39, 0.29) is 24.5 Å². The minimum Gasteiger partial charge on any atom is -0.490 e. The van der Waals surface area contributed by atoms with Crippen LogP contribution in [0.5, 0.6) is 5.75 Å². The quantitative estimate of drug-likeness (QED) is 0.508. The Morgan fingerprint density at radius 2 is 2.06 bits per heavy atom. The highest BCUT2D eigenvalue weighted by molar-refractivity contribution is 7.89. The third-order valence-electron chi connectivity index (χ3n) is 5.53. The maximum Gasteiger partial charge on any atom is 0.329 e. The summed E-state index contributed by atoms with van der Waals surface area (Å²) in [5.74, 6) is -0.502. The standard InChI is InChI=1S/C22H25FN4O5S/c1-14(17-4-5-19(23)20(9-17)32-13-15-2-3-15)26-33(30,31)7-6-16-8-18(11-24-10-16)27-12-21(28)25-22(27)29/h4-5,8-11,14-15,26H,2-3,6-7,12-13H2,1H3,(H,25,28,29)/t14-/m1/s1. The fourth-order valence-corrected chi connectivity index (χ4v) is 4.75. The number of carbonyl (C=O) groups is 2. The Morgan fingerprint density at radius 3 is 2.76 bits per heavy atom. The number of benzene rings is 1. The number of imide groups is 1. The zero-order valence-electron chi connectivity index (χ0n) is 18.1. The maximum atomic E-state index is 14.0. The van der Waals surface area contributed by atoms with Crippen LogP contribution in [-0.2, 0) is 21.2 Å².